The van der Waals surface area contributed by atoms with E-state index in [2.05, 4.69) is 34.3 Å². The van der Waals surface area contributed by atoms with Crippen LogP contribution in [0.4, 0.5) is 5.82 Å². The normalized spacial score (nSPS) is 30.4. The molecule has 2 bridgehead atoms. The minimum absolute atomic E-state index is 0.679. The smallest absolute Gasteiger partial charge is 0.128 e. The maximum Gasteiger partial charge on any atom is 0.128 e. The van der Waals surface area contributed by atoms with Gasteiger partial charge in [0.1, 0.15) is 5.82 Å². The second-order valence-electron chi connectivity index (χ2n) is 5.64. The Morgan fingerprint density at radius 2 is 2.06 bits per heavy atom. The minimum Gasteiger partial charge on any atom is -0.354 e. The van der Waals surface area contributed by atoms with Crippen LogP contribution in [0.2, 0.25) is 0 Å². The van der Waals surface area contributed by atoms with Gasteiger partial charge in [0.25, 0.3) is 0 Å². The minimum atomic E-state index is 0.679. The lowest BCUT2D eigenvalue weighted by Gasteiger charge is -2.38. The highest BCUT2D eigenvalue weighted by Gasteiger charge is 2.36. The lowest BCUT2D eigenvalue weighted by molar-refractivity contribution is 0.345. The van der Waals surface area contributed by atoms with Gasteiger partial charge in [-0.15, -0.1) is 0 Å². The molecule has 2 saturated heterocycles. The number of anilines is 1. The second-order valence-corrected chi connectivity index (χ2v) is 5.64. The van der Waals surface area contributed by atoms with Crippen molar-refractivity contribution in [3.05, 3.63) is 24.4 Å². The van der Waals surface area contributed by atoms with Crippen molar-refractivity contribution in [2.45, 2.75) is 57.2 Å². The van der Waals surface area contributed by atoms with Crippen LogP contribution in [-0.2, 0) is 0 Å². The number of hydrogen-bond donors (Lipinski definition) is 1. The average molecular weight is 245 g/mol. The summed E-state index contributed by atoms with van der Waals surface area (Å²) < 4.78 is 0. The molecule has 2 aliphatic rings. The molecule has 0 saturated carbocycles. The molecule has 2 aliphatic heterocycles. The van der Waals surface area contributed by atoms with Gasteiger partial charge in [-0.25, -0.2) is 4.98 Å². The van der Waals surface area contributed by atoms with Crippen LogP contribution in [-0.4, -0.2) is 29.7 Å². The highest BCUT2D eigenvalue weighted by Crippen LogP contribution is 2.31. The Bertz CT molecular complexity index is 367. The monoisotopic (exact) mass is 245 g/mol. The number of rotatable bonds is 4. The van der Waals surface area contributed by atoms with E-state index >= 15 is 0 Å². The van der Waals surface area contributed by atoms with Crippen LogP contribution in [0.15, 0.2) is 24.4 Å². The largest absolute Gasteiger partial charge is 0.354 e. The van der Waals surface area contributed by atoms with E-state index in [1.165, 1.54) is 32.1 Å². The topological polar surface area (TPSA) is 28.2 Å². The van der Waals surface area contributed by atoms with E-state index in [-0.39, 0.29) is 0 Å². The maximum absolute atomic E-state index is 4.55. The molecule has 1 N–H and O–H groups in total. The first-order valence-corrected chi connectivity index (χ1v) is 7.30. The van der Waals surface area contributed by atoms with Crippen LogP contribution < -0.4 is 10.2 Å². The lowest BCUT2D eigenvalue weighted by atomic mass is 9.98. The molecule has 0 spiro atoms. The van der Waals surface area contributed by atoms with Crippen molar-refractivity contribution in [3.8, 4) is 0 Å². The van der Waals surface area contributed by atoms with Gasteiger partial charge >= 0.3 is 0 Å². The predicted octanol–water partition coefficient (Wildman–Crippen LogP) is 2.58. The maximum atomic E-state index is 4.55. The summed E-state index contributed by atoms with van der Waals surface area (Å²) in [5.41, 5.74) is 0. The fourth-order valence-corrected chi connectivity index (χ4v) is 3.53. The molecule has 1 aromatic heterocycles. The molecule has 18 heavy (non-hydrogen) atoms. The van der Waals surface area contributed by atoms with Gasteiger partial charge in [0, 0.05) is 30.9 Å². The fourth-order valence-electron chi connectivity index (χ4n) is 3.53. The molecule has 98 valence electrons. The van der Waals surface area contributed by atoms with Crippen LogP contribution in [0.3, 0.4) is 0 Å². The SMILES string of the molecule is CCCN(c1ccccn1)C1CC2CCC(C1)N2. The molecule has 3 nitrogen and oxygen atoms in total. The zero-order chi connectivity index (χ0) is 12.4. The summed E-state index contributed by atoms with van der Waals surface area (Å²) in [6, 6.07) is 8.42. The highest BCUT2D eigenvalue weighted by molar-refractivity contribution is 5.39. The molecule has 0 aromatic carbocycles. The summed E-state index contributed by atoms with van der Waals surface area (Å²) in [7, 11) is 0. The van der Waals surface area contributed by atoms with Crippen LogP contribution >= 0.6 is 0 Å². The van der Waals surface area contributed by atoms with Gasteiger partial charge in [0.05, 0.1) is 0 Å². The highest BCUT2D eigenvalue weighted by atomic mass is 15.2. The molecule has 0 amide bonds. The molecule has 2 unspecified atom stereocenters. The van der Waals surface area contributed by atoms with E-state index in [9.17, 15) is 0 Å². The Labute approximate surface area is 110 Å². The molecule has 3 heterocycles. The first-order valence-electron chi connectivity index (χ1n) is 7.30. The van der Waals surface area contributed by atoms with Gasteiger partial charge in [0.2, 0.25) is 0 Å². The van der Waals surface area contributed by atoms with Crippen molar-refractivity contribution >= 4 is 5.82 Å². The molecular formula is C15H23N3. The van der Waals surface area contributed by atoms with E-state index in [1.54, 1.807) is 0 Å². The Balaban J connectivity index is 1.77. The van der Waals surface area contributed by atoms with Crippen molar-refractivity contribution in [2.75, 3.05) is 11.4 Å². The standard InChI is InChI=1S/C15H23N3/c1-2-9-18(15-5-3-4-8-16-15)14-10-12-6-7-13(11-14)17-12/h3-5,8,12-14,17H,2,6-7,9-11H2,1H3. The number of hydrogen-bond acceptors (Lipinski definition) is 3. The molecular weight excluding hydrogens is 222 g/mol. The zero-order valence-electron chi connectivity index (χ0n) is 11.2. The summed E-state index contributed by atoms with van der Waals surface area (Å²) in [5, 5.41) is 3.72. The van der Waals surface area contributed by atoms with Crippen LogP contribution in [0, 0.1) is 0 Å². The van der Waals surface area contributed by atoms with Gasteiger partial charge in [0.15, 0.2) is 0 Å². The Hall–Kier alpha value is -1.09. The third-order valence-electron chi connectivity index (χ3n) is 4.30. The predicted molar refractivity (Wildman–Crippen MR) is 74.8 cm³/mol. The molecule has 1 aromatic rings. The Morgan fingerprint density at radius 3 is 2.67 bits per heavy atom. The lowest BCUT2D eigenvalue weighted by Crippen LogP contribution is -2.48. The molecule has 3 heteroatoms. The number of aromatic nitrogens is 1. The van der Waals surface area contributed by atoms with Crippen molar-refractivity contribution in [2.24, 2.45) is 0 Å². The Morgan fingerprint density at radius 1 is 1.28 bits per heavy atom. The summed E-state index contributed by atoms with van der Waals surface area (Å²) in [5.74, 6) is 1.16. The second kappa shape index (κ2) is 5.27. The van der Waals surface area contributed by atoms with E-state index in [1.807, 2.05) is 12.3 Å². The first kappa shape index (κ1) is 12.0. The molecule has 2 atom stereocenters. The van der Waals surface area contributed by atoms with Crippen LogP contribution in [0.1, 0.15) is 39.0 Å². The Kier molecular flexibility index (Phi) is 3.50. The summed E-state index contributed by atoms with van der Waals surface area (Å²) in [6.45, 7) is 3.38. The van der Waals surface area contributed by atoms with E-state index in [0.29, 0.717) is 6.04 Å². The van der Waals surface area contributed by atoms with Gasteiger partial charge < -0.3 is 10.2 Å². The molecule has 0 radical (unpaired) electrons. The van der Waals surface area contributed by atoms with Gasteiger partial charge in [-0.1, -0.05) is 13.0 Å². The number of pyridine rings is 1. The van der Waals surface area contributed by atoms with E-state index in [0.717, 1.165) is 24.4 Å². The van der Waals surface area contributed by atoms with Crippen LogP contribution in [0.25, 0.3) is 0 Å². The van der Waals surface area contributed by atoms with Gasteiger partial charge in [-0.3, -0.25) is 0 Å². The third-order valence-corrected chi connectivity index (χ3v) is 4.30. The molecule has 0 aliphatic carbocycles. The van der Waals surface area contributed by atoms with Gasteiger partial charge in [-0.2, -0.15) is 0 Å². The molecule has 3 rings (SSSR count). The quantitative estimate of drug-likeness (QED) is 0.883. The number of nitrogens with one attached hydrogen (secondary N) is 1. The number of nitrogens with zero attached hydrogens (tertiary/aromatic N) is 2. The van der Waals surface area contributed by atoms with Crippen molar-refractivity contribution in [1.29, 1.82) is 0 Å². The summed E-state index contributed by atoms with van der Waals surface area (Å²) in [6.07, 6.45) is 8.40. The average Bonchev–Trinajstić information content (AvgIpc) is 2.76. The van der Waals surface area contributed by atoms with Gasteiger partial charge in [-0.05, 0) is 44.2 Å². The number of fused-ring (bicyclic) bond motifs is 2. The van der Waals surface area contributed by atoms with Crippen molar-refractivity contribution in [1.82, 2.24) is 10.3 Å². The fraction of sp³-hybridized carbons (Fsp3) is 0.667. The summed E-state index contributed by atoms with van der Waals surface area (Å²) in [4.78, 5) is 7.08. The van der Waals surface area contributed by atoms with Crippen molar-refractivity contribution < 1.29 is 0 Å². The van der Waals surface area contributed by atoms with E-state index in [4.69, 9.17) is 0 Å². The van der Waals surface area contributed by atoms with Crippen molar-refractivity contribution in [3.63, 3.8) is 0 Å². The zero-order valence-corrected chi connectivity index (χ0v) is 11.2. The first-order chi connectivity index (χ1) is 8.86. The van der Waals surface area contributed by atoms with E-state index < -0.39 is 0 Å². The van der Waals surface area contributed by atoms with Crippen LogP contribution in [0.5, 0.6) is 0 Å². The third kappa shape index (κ3) is 2.37. The molecule has 2 fully saturated rings. The summed E-state index contributed by atoms with van der Waals surface area (Å²) >= 11 is 0. The number of piperidine rings is 1.